The maximum Gasteiger partial charge on any atom is 0.321 e. The highest BCUT2D eigenvalue weighted by atomic mass is 16.5. The molecule has 0 saturated carbocycles. The number of nitrogens with zero attached hydrogens (tertiary/aromatic N) is 4. The summed E-state index contributed by atoms with van der Waals surface area (Å²) in [4.78, 5) is 36.6. The van der Waals surface area contributed by atoms with Crippen molar-refractivity contribution >= 4 is 28.5 Å². The van der Waals surface area contributed by atoms with E-state index in [1.54, 1.807) is 38.5 Å². The van der Waals surface area contributed by atoms with Gasteiger partial charge in [0.1, 0.15) is 11.8 Å². The summed E-state index contributed by atoms with van der Waals surface area (Å²) in [5.74, 6) is 0.451. The van der Waals surface area contributed by atoms with Gasteiger partial charge >= 0.3 is 6.03 Å². The largest absolute Gasteiger partial charge is 0.474 e. The number of para-hydroxylation sites is 1. The van der Waals surface area contributed by atoms with Crippen LogP contribution >= 0.6 is 0 Å². The van der Waals surface area contributed by atoms with Crippen LogP contribution in [0.5, 0.6) is 5.88 Å². The van der Waals surface area contributed by atoms with E-state index in [-0.39, 0.29) is 18.0 Å². The van der Waals surface area contributed by atoms with Gasteiger partial charge in [0.2, 0.25) is 5.88 Å². The number of urea groups is 1. The number of piperidine rings is 1. The second kappa shape index (κ2) is 8.99. The van der Waals surface area contributed by atoms with E-state index in [2.05, 4.69) is 15.3 Å². The zero-order valence-electron chi connectivity index (χ0n) is 17.6. The van der Waals surface area contributed by atoms with Gasteiger partial charge in [0.25, 0.3) is 5.91 Å². The molecule has 0 radical (unpaired) electrons. The Morgan fingerprint density at radius 3 is 2.55 bits per heavy atom. The normalized spacial score (nSPS) is 14.3. The Bertz CT molecular complexity index is 1080. The lowest BCUT2D eigenvalue weighted by molar-refractivity contribution is 0.0583. The number of likely N-dealkylation sites (tertiary alicyclic amines) is 1. The van der Waals surface area contributed by atoms with Crippen molar-refractivity contribution < 1.29 is 14.3 Å². The maximum absolute atomic E-state index is 12.9. The second-order valence-electron chi connectivity index (χ2n) is 7.71. The van der Waals surface area contributed by atoms with Crippen molar-refractivity contribution in [2.24, 2.45) is 0 Å². The number of fused-ring (bicyclic) bond motifs is 1. The molecule has 1 aromatic carbocycles. The third-order valence-electron chi connectivity index (χ3n) is 5.23. The summed E-state index contributed by atoms with van der Waals surface area (Å²) < 4.78 is 5.97. The van der Waals surface area contributed by atoms with Crippen LogP contribution < -0.4 is 10.1 Å². The van der Waals surface area contributed by atoms with Gasteiger partial charge in [0, 0.05) is 51.5 Å². The Morgan fingerprint density at radius 2 is 1.84 bits per heavy atom. The number of ether oxygens (including phenoxy) is 1. The van der Waals surface area contributed by atoms with E-state index < -0.39 is 0 Å². The number of pyridine rings is 2. The fraction of sp³-hybridized carbons (Fsp3) is 0.304. The van der Waals surface area contributed by atoms with Crippen LogP contribution in [0.4, 0.5) is 10.5 Å². The van der Waals surface area contributed by atoms with Crippen molar-refractivity contribution in [1.82, 2.24) is 19.8 Å². The van der Waals surface area contributed by atoms with Crippen molar-refractivity contribution in [3.05, 3.63) is 60.4 Å². The molecule has 4 rings (SSSR count). The van der Waals surface area contributed by atoms with Crippen LogP contribution in [-0.2, 0) is 0 Å². The van der Waals surface area contributed by atoms with Crippen LogP contribution in [0.25, 0.3) is 10.9 Å². The maximum atomic E-state index is 12.9. The monoisotopic (exact) mass is 419 g/mol. The van der Waals surface area contributed by atoms with Gasteiger partial charge in [0.05, 0.1) is 17.4 Å². The minimum absolute atomic E-state index is 0.0108. The zero-order valence-corrected chi connectivity index (χ0v) is 17.6. The Balaban J connectivity index is 1.31. The van der Waals surface area contributed by atoms with Crippen molar-refractivity contribution in [3.8, 4) is 5.88 Å². The molecule has 1 fully saturated rings. The van der Waals surface area contributed by atoms with Gasteiger partial charge in [-0.3, -0.25) is 4.79 Å². The first-order chi connectivity index (χ1) is 15.0. The zero-order chi connectivity index (χ0) is 21.8. The van der Waals surface area contributed by atoms with Gasteiger partial charge in [-0.25, -0.2) is 14.8 Å². The number of benzene rings is 1. The van der Waals surface area contributed by atoms with E-state index in [0.717, 1.165) is 23.7 Å². The van der Waals surface area contributed by atoms with Crippen LogP contribution in [0, 0.1) is 0 Å². The quantitative estimate of drug-likeness (QED) is 0.700. The van der Waals surface area contributed by atoms with Gasteiger partial charge < -0.3 is 19.9 Å². The summed E-state index contributed by atoms with van der Waals surface area (Å²) in [5, 5.41) is 3.76. The lowest BCUT2D eigenvalue weighted by atomic mass is 10.1. The first-order valence-corrected chi connectivity index (χ1v) is 10.3. The minimum Gasteiger partial charge on any atom is -0.474 e. The number of nitrogens with one attached hydrogen (secondary N) is 1. The average Bonchev–Trinajstić information content (AvgIpc) is 2.80. The Morgan fingerprint density at radius 1 is 1.06 bits per heavy atom. The third kappa shape index (κ3) is 4.91. The molecule has 3 amide bonds. The number of amides is 3. The molecule has 1 aliphatic rings. The summed E-state index contributed by atoms with van der Waals surface area (Å²) in [6.45, 7) is 1.21. The van der Waals surface area contributed by atoms with E-state index in [1.165, 1.54) is 4.90 Å². The lowest BCUT2D eigenvalue weighted by Gasteiger charge is -2.31. The molecule has 0 spiro atoms. The number of carbonyl (C=O) groups excluding carboxylic acids is 2. The molecule has 0 unspecified atom stereocenters. The van der Waals surface area contributed by atoms with Crippen LogP contribution in [0.3, 0.4) is 0 Å². The van der Waals surface area contributed by atoms with Gasteiger partial charge in [-0.05, 0) is 18.2 Å². The number of hydrogen-bond donors (Lipinski definition) is 1. The molecule has 31 heavy (non-hydrogen) atoms. The molecule has 1 saturated heterocycles. The van der Waals surface area contributed by atoms with Crippen molar-refractivity contribution in [1.29, 1.82) is 0 Å². The van der Waals surface area contributed by atoms with Crippen LogP contribution in [-0.4, -0.2) is 65.0 Å². The van der Waals surface area contributed by atoms with Crippen molar-refractivity contribution in [2.75, 3.05) is 32.5 Å². The van der Waals surface area contributed by atoms with Crippen molar-refractivity contribution in [2.45, 2.75) is 18.9 Å². The third-order valence-corrected chi connectivity index (χ3v) is 5.23. The molecule has 1 N–H and O–H groups in total. The highest BCUT2D eigenvalue weighted by Gasteiger charge is 2.25. The molecule has 0 bridgehead atoms. The summed E-state index contributed by atoms with van der Waals surface area (Å²) in [5.41, 5.74) is 1.90. The topological polar surface area (TPSA) is 87.7 Å². The molecule has 8 nitrogen and oxygen atoms in total. The Kier molecular flexibility index (Phi) is 5.97. The predicted octanol–water partition coefficient (Wildman–Crippen LogP) is 3.41. The van der Waals surface area contributed by atoms with E-state index in [4.69, 9.17) is 4.74 Å². The highest BCUT2D eigenvalue weighted by molar-refractivity contribution is 5.95. The molecular formula is C23H25N5O3. The molecule has 3 aromatic rings. The van der Waals surface area contributed by atoms with Gasteiger partial charge in [-0.1, -0.05) is 24.3 Å². The van der Waals surface area contributed by atoms with E-state index >= 15 is 0 Å². The summed E-state index contributed by atoms with van der Waals surface area (Å²) in [6, 6.07) is 14.8. The number of anilines is 1. The molecule has 3 heterocycles. The molecule has 2 aromatic heterocycles. The van der Waals surface area contributed by atoms with Crippen LogP contribution in [0.2, 0.25) is 0 Å². The first-order valence-electron chi connectivity index (χ1n) is 10.3. The molecular weight excluding hydrogens is 394 g/mol. The molecule has 8 heteroatoms. The summed E-state index contributed by atoms with van der Waals surface area (Å²) in [7, 11) is 3.35. The van der Waals surface area contributed by atoms with E-state index in [0.29, 0.717) is 30.4 Å². The SMILES string of the molecule is CN(C)C(=O)Nc1ccc(OC2CCN(C(=O)c3ccc4ccccc4n3)CC2)nc1. The van der Waals surface area contributed by atoms with Crippen LogP contribution in [0.15, 0.2) is 54.7 Å². The van der Waals surface area contributed by atoms with Crippen LogP contribution in [0.1, 0.15) is 23.3 Å². The fourth-order valence-corrected chi connectivity index (χ4v) is 3.45. The molecule has 0 atom stereocenters. The number of hydrogen-bond acceptors (Lipinski definition) is 5. The van der Waals surface area contributed by atoms with Gasteiger partial charge in [-0.15, -0.1) is 0 Å². The minimum atomic E-state index is -0.214. The van der Waals surface area contributed by atoms with Crippen molar-refractivity contribution in [3.63, 3.8) is 0 Å². The first kappa shape index (κ1) is 20.6. The van der Waals surface area contributed by atoms with E-state index in [1.807, 2.05) is 35.2 Å². The predicted molar refractivity (Wildman–Crippen MR) is 118 cm³/mol. The Hall–Kier alpha value is -3.68. The average molecular weight is 419 g/mol. The fourth-order valence-electron chi connectivity index (χ4n) is 3.45. The van der Waals surface area contributed by atoms with Gasteiger partial charge in [-0.2, -0.15) is 0 Å². The second-order valence-corrected chi connectivity index (χ2v) is 7.71. The summed E-state index contributed by atoms with van der Waals surface area (Å²) in [6.07, 6.45) is 3.00. The molecule has 1 aliphatic heterocycles. The number of rotatable bonds is 4. The lowest BCUT2D eigenvalue weighted by Crippen LogP contribution is -2.42. The smallest absolute Gasteiger partial charge is 0.321 e. The highest BCUT2D eigenvalue weighted by Crippen LogP contribution is 2.20. The van der Waals surface area contributed by atoms with E-state index in [9.17, 15) is 9.59 Å². The number of aromatic nitrogens is 2. The van der Waals surface area contributed by atoms with Gasteiger partial charge in [0.15, 0.2) is 0 Å². The molecule has 160 valence electrons. The molecule has 0 aliphatic carbocycles. The number of carbonyl (C=O) groups is 2. The standard InChI is InChI=1S/C23H25N5O3/c1-27(2)23(30)25-17-8-10-21(24-15-17)31-18-11-13-28(14-12-18)22(29)20-9-7-16-5-3-4-6-19(16)26-20/h3-10,15,18H,11-14H2,1-2H3,(H,25,30). The summed E-state index contributed by atoms with van der Waals surface area (Å²) >= 11 is 0. The Labute approximate surface area is 180 Å².